The standard InChI is InChI=1S/C15H28N2O2/c1-12(2)19-9-4-3-8-16-15(18)17-10-13-6-5-7-14(13)11-17/h12-14H,3-11H2,1-2H3,(H,16,18)/t13-,14+. The fraction of sp³-hybridized carbons (Fsp3) is 0.933. The maximum Gasteiger partial charge on any atom is 0.317 e. The molecule has 1 aliphatic heterocycles. The summed E-state index contributed by atoms with van der Waals surface area (Å²) in [6, 6.07) is 0.138. The van der Waals surface area contributed by atoms with Crippen molar-refractivity contribution >= 4 is 6.03 Å². The molecule has 1 saturated heterocycles. The molecule has 2 fully saturated rings. The minimum atomic E-state index is 0.138. The minimum Gasteiger partial charge on any atom is -0.379 e. The Hall–Kier alpha value is -0.770. The summed E-state index contributed by atoms with van der Waals surface area (Å²) < 4.78 is 5.48. The lowest BCUT2D eigenvalue weighted by Crippen LogP contribution is -2.39. The van der Waals surface area contributed by atoms with E-state index in [9.17, 15) is 4.79 Å². The summed E-state index contributed by atoms with van der Waals surface area (Å²) in [7, 11) is 0. The van der Waals surface area contributed by atoms with Crippen molar-refractivity contribution in [1.82, 2.24) is 10.2 Å². The monoisotopic (exact) mass is 268 g/mol. The van der Waals surface area contributed by atoms with E-state index in [1.807, 2.05) is 18.7 Å². The van der Waals surface area contributed by atoms with Crippen molar-refractivity contribution in [3.8, 4) is 0 Å². The molecule has 4 heteroatoms. The normalized spacial score (nSPS) is 25.9. The number of hydrogen-bond acceptors (Lipinski definition) is 2. The van der Waals surface area contributed by atoms with E-state index in [2.05, 4.69) is 5.32 Å². The van der Waals surface area contributed by atoms with E-state index in [4.69, 9.17) is 4.74 Å². The van der Waals surface area contributed by atoms with Gasteiger partial charge in [-0.3, -0.25) is 0 Å². The van der Waals surface area contributed by atoms with Crippen LogP contribution in [0.1, 0.15) is 46.0 Å². The van der Waals surface area contributed by atoms with Gasteiger partial charge in [-0.2, -0.15) is 0 Å². The molecule has 2 atom stereocenters. The molecule has 0 aromatic heterocycles. The number of ether oxygens (including phenoxy) is 1. The number of rotatable bonds is 6. The molecule has 2 rings (SSSR count). The number of fused-ring (bicyclic) bond motifs is 1. The molecule has 2 aliphatic rings. The molecule has 0 unspecified atom stereocenters. The molecule has 1 saturated carbocycles. The van der Waals surface area contributed by atoms with Crippen LogP contribution >= 0.6 is 0 Å². The van der Waals surface area contributed by atoms with Gasteiger partial charge in [0.15, 0.2) is 0 Å². The Kier molecular flexibility index (Phi) is 5.49. The van der Waals surface area contributed by atoms with Crippen LogP contribution in [0.5, 0.6) is 0 Å². The first kappa shape index (κ1) is 14.6. The molecule has 0 aromatic rings. The molecule has 1 N–H and O–H groups in total. The van der Waals surface area contributed by atoms with Crippen LogP contribution in [0.15, 0.2) is 0 Å². The first-order valence-electron chi connectivity index (χ1n) is 7.81. The van der Waals surface area contributed by atoms with Crippen LogP contribution in [0.25, 0.3) is 0 Å². The van der Waals surface area contributed by atoms with E-state index in [1.165, 1.54) is 19.3 Å². The molecular formula is C15H28N2O2. The topological polar surface area (TPSA) is 41.6 Å². The first-order valence-corrected chi connectivity index (χ1v) is 7.81. The lowest BCUT2D eigenvalue weighted by Gasteiger charge is -2.18. The Labute approximate surface area is 116 Å². The summed E-state index contributed by atoms with van der Waals surface area (Å²) >= 11 is 0. The molecule has 110 valence electrons. The highest BCUT2D eigenvalue weighted by Gasteiger charge is 2.37. The van der Waals surface area contributed by atoms with Crippen LogP contribution < -0.4 is 5.32 Å². The maximum absolute atomic E-state index is 12.0. The second kappa shape index (κ2) is 7.13. The summed E-state index contributed by atoms with van der Waals surface area (Å²) in [4.78, 5) is 14.0. The lowest BCUT2D eigenvalue weighted by atomic mass is 10.0. The second-order valence-corrected chi connectivity index (χ2v) is 6.21. The Morgan fingerprint density at radius 1 is 1.26 bits per heavy atom. The number of unbranched alkanes of at least 4 members (excludes halogenated alkanes) is 1. The zero-order chi connectivity index (χ0) is 13.7. The highest BCUT2D eigenvalue weighted by molar-refractivity contribution is 5.74. The van der Waals surface area contributed by atoms with Gasteiger partial charge in [0.2, 0.25) is 0 Å². The van der Waals surface area contributed by atoms with E-state index in [1.54, 1.807) is 0 Å². The van der Waals surface area contributed by atoms with Crippen LogP contribution in [0.3, 0.4) is 0 Å². The average Bonchev–Trinajstić information content (AvgIpc) is 2.93. The predicted octanol–water partition coefficient (Wildman–Crippen LogP) is 2.63. The SMILES string of the molecule is CC(C)OCCCCNC(=O)N1C[C@H]2CCC[C@H]2C1. The predicted molar refractivity (Wildman–Crippen MR) is 76.1 cm³/mol. The Bertz CT molecular complexity index is 282. The Balaban J connectivity index is 1.53. The second-order valence-electron chi connectivity index (χ2n) is 6.21. The molecule has 0 bridgehead atoms. The molecule has 1 heterocycles. The molecule has 19 heavy (non-hydrogen) atoms. The van der Waals surface area contributed by atoms with E-state index < -0.39 is 0 Å². The van der Waals surface area contributed by atoms with Crippen molar-refractivity contribution in [3.63, 3.8) is 0 Å². The van der Waals surface area contributed by atoms with E-state index in [0.717, 1.165) is 50.9 Å². The quantitative estimate of drug-likeness (QED) is 0.752. The van der Waals surface area contributed by atoms with Crippen molar-refractivity contribution in [1.29, 1.82) is 0 Å². The lowest BCUT2D eigenvalue weighted by molar-refractivity contribution is 0.0760. The van der Waals surface area contributed by atoms with Crippen molar-refractivity contribution in [2.45, 2.75) is 52.1 Å². The van der Waals surface area contributed by atoms with Crippen LogP contribution in [0, 0.1) is 11.8 Å². The fourth-order valence-electron chi connectivity index (χ4n) is 3.25. The molecule has 0 spiro atoms. The number of carbonyl (C=O) groups excluding carboxylic acids is 1. The fourth-order valence-corrected chi connectivity index (χ4v) is 3.25. The Morgan fingerprint density at radius 3 is 2.58 bits per heavy atom. The third kappa shape index (κ3) is 4.37. The van der Waals surface area contributed by atoms with Gasteiger partial charge in [0, 0.05) is 26.2 Å². The van der Waals surface area contributed by atoms with Gasteiger partial charge < -0.3 is 15.0 Å². The molecule has 1 aliphatic carbocycles. The smallest absolute Gasteiger partial charge is 0.317 e. The van der Waals surface area contributed by atoms with E-state index in [0.29, 0.717) is 6.10 Å². The summed E-state index contributed by atoms with van der Waals surface area (Å²) in [6.45, 7) is 7.62. The summed E-state index contributed by atoms with van der Waals surface area (Å²) in [5.41, 5.74) is 0. The van der Waals surface area contributed by atoms with Gasteiger partial charge in [0.25, 0.3) is 0 Å². The number of nitrogens with one attached hydrogen (secondary N) is 1. The van der Waals surface area contributed by atoms with E-state index >= 15 is 0 Å². The van der Waals surface area contributed by atoms with Crippen molar-refractivity contribution < 1.29 is 9.53 Å². The number of hydrogen-bond donors (Lipinski definition) is 1. The van der Waals surface area contributed by atoms with E-state index in [-0.39, 0.29) is 6.03 Å². The maximum atomic E-state index is 12.0. The highest BCUT2D eigenvalue weighted by Crippen LogP contribution is 2.37. The van der Waals surface area contributed by atoms with Gasteiger partial charge in [0.05, 0.1) is 6.10 Å². The Morgan fingerprint density at radius 2 is 1.95 bits per heavy atom. The van der Waals surface area contributed by atoms with Gasteiger partial charge in [-0.25, -0.2) is 4.79 Å². The summed E-state index contributed by atoms with van der Waals surface area (Å²) in [5.74, 6) is 1.57. The molecule has 0 aromatic carbocycles. The number of likely N-dealkylation sites (tertiary alicyclic amines) is 1. The van der Waals surface area contributed by atoms with Gasteiger partial charge in [-0.05, 0) is 51.4 Å². The number of amides is 2. The van der Waals surface area contributed by atoms with Crippen LogP contribution in [-0.2, 0) is 4.74 Å². The van der Waals surface area contributed by atoms with Gasteiger partial charge >= 0.3 is 6.03 Å². The molecule has 4 nitrogen and oxygen atoms in total. The van der Waals surface area contributed by atoms with Crippen molar-refractivity contribution in [2.75, 3.05) is 26.2 Å². The molecule has 0 radical (unpaired) electrons. The zero-order valence-corrected chi connectivity index (χ0v) is 12.4. The molecule has 2 amide bonds. The largest absolute Gasteiger partial charge is 0.379 e. The summed E-state index contributed by atoms with van der Waals surface area (Å²) in [6.07, 6.45) is 6.32. The van der Waals surface area contributed by atoms with Crippen LogP contribution in [0.2, 0.25) is 0 Å². The first-order chi connectivity index (χ1) is 9.16. The van der Waals surface area contributed by atoms with Gasteiger partial charge in [0.1, 0.15) is 0 Å². The van der Waals surface area contributed by atoms with Crippen LogP contribution in [0.4, 0.5) is 4.79 Å². The average molecular weight is 268 g/mol. The van der Waals surface area contributed by atoms with Crippen LogP contribution in [-0.4, -0.2) is 43.3 Å². The van der Waals surface area contributed by atoms with Gasteiger partial charge in [-0.1, -0.05) is 6.42 Å². The summed E-state index contributed by atoms with van der Waals surface area (Å²) in [5, 5.41) is 3.03. The van der Waals surface area contributed by atoms with Crippen molar-refractivity contribution in [3.05, 3.63) is 0 Å². The zero-order valence-electron chi connectivity index (χ0n) is 12.4. The third-order valence-corrected chi connectivity index (χ3v) is 4.31. The third-order valence-electron chi connectivity index (χ3n) is 4.31. The number of nitrogens with zero attached hydrogens (tertiary/aromatic N) is 1. The number of urea groups is 1. The highest BCUT2D eigenvalue weighted by atomic mass is 16.5. The minimum absolute atomic E-state index is 0.138. The molecular weight excluding hydrogens is 240 g/mol. The van der Waals surface area contributed by atoms with Gasteiger partial charge in [-0.15, -0.1) is 0 Å². The number of carbonyl (C=O) groups is 1. The van der Waals surface area contributed by atoms with Crippen molar-refractivity contribution in [2.24, 2.45) is 11.8 Å².